The van der Waals surface area contributed by atoms with Crippen LogP contribution in [-0.4, -0.2) is 22.6 Å². The Hall–Kier alpha value is -2.31. The topological polar surface area (TPSA) is 61.2 Å². The van der Waals surface area contributed by atoms with Gasteiger partial charge >= 0.3 is 5.97 Å². The summed E-state index contributed by atoms with van der Waals surface area (Å²) in [6.45, 7) is 0.223. The number of para-hydroxylation sites is 1. The lowest BCUT2D eigenvalue weighted by molar-refractivity contribution is -0.140. The predicted molar refractivity (Wildman–Crippen MR) is 104 cm³/mol. The summed E-state index contributed by atoms with van der Waals surface area (Å²) in [5.74, 6) is 0.250. The van der Waals surface area contributed by atoms with Crippen LogP contribution in [0.2, 0.25) is 5.02 Å². The van der Waals surface area contributed by atoms with E-state index in [0.29, 0.717) is 26.8 Å². The van der Waals surface area contributed by atoms with Crippen LogP contribution in [0.15, 0.2) is 58.5 Å². The number of halogens is 1. The summed E-state index contributed by atoms with van der Waals surface area (Å²) in [6.07, 6.45) is 0.112. The predicted octanol–water partition coefficient (Wildman–Crippen LogP) is 3.91. The van der Waals surface area contributed by atoms with Gasteiger partial charge < -0.3 is 4.74 Å². The van der Waals surface area contributed by atoms with E-state index in [1.54, 1.807) is 12.1 Å². The van der Waals surface area contributed by atoms with Gasteiger partial charge in [-0.05, 0) is 29.8 Å². The van der Waals surface area contributed by atoms with Crippen LogP contribution in [0.3, 0.4) is 0 Å². The van der Waals surface area contributed by atoms with E-state index in [0.717, 1.165) is 5.56 Å². The average molecular weight is 389 g/mol. The van der Waals surface area contributed by atoms with Crippen LogP contribution in [0, 0.1) is 0 Å². The summed E-state index contributed by atoms with van der Waals surface area (Å²) in [5.41, 5.74) is 1.51. The zero-order valence-corrected chi connectivity index (χ0v) is 15.7. The van der Waals surface area contributed by atoms with Crippen molar-refractivity contribution in [3.63, 3.8) is 0 Å². The molecular weight excluding hydrogens is 372 g/mol. The van der Waals surface area contributed by atoms with Gasteiger partial charge in [-0.3, -0.25) is 14.2 Å². The first-order valence-corrected chi connectivity index (χ1v) is 9.38. The van der Waals surface area contributed by atoms with Crippen LogP contribution in [0.5, 0.6) is 0 Å². The van der Waals surface area contributed by atoms with Gasteiger partial charge in [-0.15, -0.1) is 0 Å². The molecule has 1 aromatic heterocycles. The summed E-state index contributed by atoms with van der Waals surface area (Å²) in [7, 11) is 1.33. The van der Waals surface area contributed by atoms with Crippen molar-refractivity contribution in [1.29, 1.82) is 0 Å². The molecule has 0 radical (unpaired) electrons. The lowest BCUT2D eigenvalue weighted by Gasteiger charge is -2.12. The maximum absolute atomic E-state index is 12.9. The first kappa shape index (κ1) is 18.5. The second-order valence-electron chi connectivity index (χ2n) is 5.61. The van der Waals surface area contributed by atoms with Gasteiger partial charge in [0.25, 0.3) is 5.56 Å². The molecule has 0 aliphatic heterocycles. The second kappa shape index (κ2) is 8.38. The fraction of sp³-hybridized carbons (Fsp3) is 0.211. The maximum atomic E-state index is 12.9. The highest BCUT2D eigenvalue weighted by Gasteiger charge is 2.13. The van der Waals surface area contributed by atoms with Crippen molar-refractivity contribution in [2.75, 3.05) is 7.11 Å². The van der Waals surface area contributed by atoms with Crippen molar-refractivity contribution in [2.24, 2.45) is 0 Å². The van der Waals surface area contributed by atoms with Crippen molar-refractivity contribution in [3.05, 3.63) is 69.5 Å². The zero-order valence-electron chi connectivity index (χ0n) is 14.1. The molecule has 0 atom stereocenters. The SMILES string of the molecule is COC(=O)CCn1c(SCc2cccc(Cl)c2)nc2ccccc2c1=O. The van der Waals surface area contributed by atoms with Gasteiger partial charge in [0.05, 0.1) is 24.4 Å². The van der Waals surface area contributed by atoms with Crippen molar-refractivity contribution in [2.45, 2.75) is 23.9 Å². The number of hydrogen-bond acceptors (Lipinski definition) is 5. The molecule has 0 bridgehead atoms. The van der Waals surface area contributed by atoms with Crippen LogP contribution in [0.25, 0.3) is 10.9 Å². The highest BCUT2D eigenvalue weighted by Crippen LogP contribution is 2.23. The average Bonchev–Trinajstić information content (AvgIpc) is 2.65. The van der Waals surface area contributed by atoms with Crippen LogP contribution < -0.4 is 5.56 Å². The molecule has 0 N–H and O–H groups in total. The number of carbonyl (C=O) groups excluding carboxylic acids is 1. The second-order valence-corrected chi connectivity index (χ2v) is 6.99. The molecule has 3 aromatic rings. The van der Waals surface area contributed by atoms with Gasteiger partial charge in [0.2, 0.25) is 0 Å². The summed E-state index contributed by atoms with van der Waals surface area (Å²) < 4.78 is 6.22. The molecule has 1 heterocycles. The van der Waals surface area contributed by atoms with E-state index in [1.807, 2.05) is 36.4 Å². The first-order chi connectivity index (χ1) is 12.6. The van der Waals surface area contributed by atoms with E-state index < -0.39 is 0 Å². The van der Waals surface area contributed by atoms with E-state index in [2.05, 4.69) is 9.72 Å². The number of rotatable bonds is 6. The number of esters is 1. The smallest absolute Gasteiger partial charge is 0.307 e. The van der Waals surface area contributed by atoms with Gasteiger partial charge in [0, 0.05) is 17.3 Å². The largest absolute Gasteiger partial charge is 0.469 e. The minimum atomic E-state index is -0.365. The highest BCUT2D eigenvalue weighted by molar-refractivity contribution is 7.98. The Labute approximate surface area is 160 Å². The molecule has 2 aromatic carbocycles. The third kappa shape index (κ3) is 4.26. The third-order valence-electron chi connectivity index (χ3n) is 3.85. The molecule has 26 heavy (non-hydrogen) atoms. The van der Waals surface area contributed by atoms with Gasteiger partial charge in [0.15, 0.2) is 5.16 Å². The zero-order chi connectivity index (χ0) is 18.5. The van der Waals surface area contributed by atoms with Crippen LogP contribution >= 0.6 is 23.4 Å². The molecule has 5 nitrogen and oxygen atoms in total. The summed E-state index contributed by atoms with van der Waals surface area (Å²) in [4.78, 5) is 29.0. The fourth-order valence-corrected chi connectivity index (χ4v) is 3.72. The van der Waals surface area contributed by atoms with Crippen molar-refractivity contribution in [3.8, 4) is 0 Å². The molecular formula is C19H17ClN2O3S. The number of benzene rings is 2. The molecule has 0 aliphatic carbocycles. The van der Waals surface area contributed by atoms with E-state index >= 15 is 0 Å². The molecule has 0 amide bonds. The first-order valence-electron chi connectivity index (χ1n) is 8.02. The number of ether oxygens (including phenoxy) is 1. The number of carbonyl (C=O) groups is 1. The quantitative estimate of drug-likeness (QED) is 0.364. The lowest BCUT2D eigenvalue weighted by atomic mass is 10.2. The van der Waals surface area contributed by atoms with Crippen molar-refractivity contribution in [1.82, 2.24) is 9.55 Å². The minimum absolute atomic E-state index is 0.112. The molecule has 0 unspecified atom stereocenters. The Kier molecular flexibility index (Phi) is 5.96. The van der Waals surface area contributed by atoms with Crippen LogP contribution in [0.4, 0.5) is 0 Å². The van der Waals surface area contributed by atoms with Gasteiger partial charge in [0.1, 0.15) is 0 Å². The monoisotopic (exact) mass is 388 g/mol. The Bertz CT molecular complexity index is 1000. The van der Waals surface area contributed by atoms with Gasteiger partial charge in [-0.25, -0.2) is 4.98 Å². The Morgan fingerprint density at radius 1 is 1.23 bits per heavy atom. The number of nitrogens with zero attached hydrogens (tertiary/aromatic N) is 2. The number of fused-ring (bicyclic) bond motifs is 1. The minimum Gasteiger partial charge on any atom is -0.469 e. The normalized spacial score (nSPS) is 10.8. The van der Waals surface area contributed by atoms with E-state index in [-0.39, 0.29) is 24.5 Å². The summed E-state index contributed by atoms with van der Waals surface area (Å²) in [6, 6.07) is 14.7. The van der Waals surface area contributed by atoms with Crippen molar-refractivity contribution >= 4 is 40.2 Å². The van der Waals surface area contributed by atoms with E-state index in [1.165, 1.54) is 23.4 Å². The standard InChI is InChI=1S/C19H17ClN2O3S/c1-25-17(23)9-10-22-18(24)15-7-2-3-8-16(15)21-19(22)26-12-13-5-4-6-14(20)11-13/h2-8,11H,9-10,12H2,1H3. The Morgan fingerprint density at radius 2 is 2.04 bits per heavy atom. The van der Waals surface area contributed by atoms with Crippen LogP contribution in [-0.2, 0) is 21.8 Å². The molecule has 7 heteroatoms. The molecule has 3 rings (SSSR count). The van der Waals surface area contributed by atoms with Crippen molar-refractivity contribution < 1.29 is 9.53 Å². The van der Waals surface area contributed by atoms with Gasteiger partial charge in [-0.2, -0.15) is 0 Å². The summed E-state index contributed by atoms with van der Waals surface area (Å²) in [5, 5.41) is 1.76. The maximum Gasteiger partial charge on any atom is 0.307 e. The third-order valence-corrected chi connectivity index (χ3v) is 5.13. The summed E-state index contributed by atoms with van der Waals surface area (Å²) >= 11 is 7.47. The Morgan fingerprint density at radius 3 is 2.81 bits per heavy atom. The molecule has 134 valence electrons. The number of aromatic nitrogens is 2. The van der Waals surface area contributed by atoms with E-state index in [4.69, 9.17) is 11.6 Å². The number of methoxy groups -OCH3 is 1. The Balaban J connectivity index is 1.95. The highest BCUT2D eigenvalue weighted by atomic mass is 35.5. The fourth-order valence-electron chi connectivity index (χ4n) is 2.53. The molecule has 0 saturated heterocycles. The molecule has 0 saturated carbocycles. The molecule has 0 aliphatic rings. The molecule has 0 fully saturated rings. The molecule has 0 spiro atoms. The van der Waals surface area contributed by atoms with Gasteiger partial charge in [-0.1, -0.05) is 47.6 Å². The van der Waals surface area contributed by atoms with E-state index in [9.17, 15) is 9.59 Å². The number of thioether (sulfide) groups is 1. The lowest BCUT2D eigenvalue weighted by Crippen LogP contribution is -2.24. The van der Waals surface area contributed by atoms with Crippen LogP contribution in [0.1, 0.15) is 12.0 Å². The number of hydrogen-bond donors (Lipinski definition) is 0.